The van der Waals surface area contributed by atoms with Crippen LogP contribution in [-0.2, 0) is 6.54 Å². The molecule has 4 aromatic rings. The number of fused-ring (bicyclic) bond motifs is 2. The summed E-state index contributed by atoms with van der Waals surface area (Å²) < 4.78 is 17.3. The van der Waals surface area contributed by atoms with Gasteiger partial charge in [-0.15, -0.1) is 0 Å². The Balaban J connectivity index is 1.22. The van der Waals surface area contributed by atoms with Gasteiger partial charge in [-0.2, -0.15) is 0 Å². The Hall–Kier alpha value is -3.84. The topological polar surface area (TPSA) is 68.0 Å². The van der Waals surface area contributed by atoms with Gasteiger partial charge in [0, 0.05) is 55.6 Å². The van der Waals surface area contributed by atoms with E-state index < -0.39 is 0 Å². The minimum atomic E-state index is -0.181. The lowest BCUT2D eigenvalue weighted by Crippen LogP contribution is -2.46. The van der Waals surface area contributed by atoms with Crippen LogP contribution in [0.25, 0.3) is 11.0 Å². The summed E-state index contributed by atoms with van der Waals surface area (Å²) in [6, 6.07) is 17.6. The molecule has 0 saturated carbocycles. The summed E-state index contributed by atoms with van der Waals surface area (Å²) in [5, 5.41) is 0.948. The Labute approximate surface area is 203 Å². The number of aromatic nitrogens is 1. The van der Waals surface area contributed by atoms with Crippen molar-refractivity contribution in [3.05, 3.63) is 83.4 Å². The van der Waals surface area contributed by atoms with Crippen molar-refractivity contribution in [2.24, 2.45) is 0 Å². The summed E-state index contributed by atoms with van der Waals surface area (Å²) in [6.07, 6.45) is 1.91. The first-order valence-corrected chi connectivity index (χ1v) is 12.0. The largest absolute Gasteiger partial charge is 0.486 e. The lowest BCUT2D eigenvalue weighted by molar-refractivity contribution is 0.101. The number of carbonyl (C=O) groups is 1. The number of para-hydroxylation sites is 1. The number of anilines is 1. The molecule has 178 valence electrons. The molecule has 1 saturated heterocycles. The maximum atomic E-state index is 13.3. The van der Waals surface area contributed by atoms with E-state index in [0.717, 1.165) is 49.4 Å². The molecule has 7 nitrogen and oxygen atoms in total. The number of pyridine rings is 1. The van der Waals surface area contributed by atoms with Crippen LogP contribution < -0.4 is 14.4 Å². The predicted octanol–water partition coefficient (Wildman–Crippen LogP) is 4.46. The first-order valence-electron chi connectivity index (χ1n) is 12.0. The van der Waals surface area contributed by atoms with E-state index in [9.17, 15) is 4.79 Å². The van der Waals surface area contributed by atoms with Crippen molar-refractivity contribution in [3.8, 4) is 11.5 Å². The molecule has 4 heterocycles. The van der Waals surface area contributed by atoms with Gasteiger partial charge in [0.15, 0.2) is 22.8 Å². The second kappa shape index (κ2) is 9.07. The molecule has 7 heteroatoms. The number of hydrogen-bond donors (Lipinski definition) is 0. The molecule has 2 aromatic heterocycles. The van der Waals surface area contributed by atoms with Gasteiger partial charge in [-0.25, -0.2) is 0 Å². The average molecular weight is 470 g/mol. The summed E-state index contributed by atoms with van der Waals surface area (Å²) in [5.74, 6) is 1.38. The summed E-state index contributed by atoms with van der Waals surface area (Å²) in [7, 11) is 0. The fourth-order valence-corrected chi connectivity index (χ4v) is 4.81. The van der Waals surface area contributed by atoms with Crippen LogP contribution in [0.5, 0.6) is 11.5 Å². The van der Waals surface area contributed by atoms with E-state index in [2.05, 4.69) is 39.0 Å². The van der Waals surface area contributed by atoms with Gasteiger partial charge < -0.3 is 18.8 Å². The molecule has 0 bridgehead atoms. The Morgan fingerprint density at radius 2 is 1.71 bits per heavy atom. The van der Waals surface area contributed by atoms with Crippen molar-refractivity contribution < 1.29 is 18.7 Å². The summed E-state index contributed by atoms with van der Waals surface area (Å²) >= 11 is 0. The van der Waals surface area contributed by atoms with Crippen LogP contribution >= 0.6 is 0 Å². The molecule has 6 rings (SSSR count). The summed E-state index contributed by atoms with van der Waals surface area (Å²) in [6.45, 7) is 7.55. The van der Waals surface area contributed by atoms with E-state index in [0.29, 0.717) is 41.6 Å². The Morgan fingerprint density at radius 1 is 0.943 bits per heavy atom. The number of rotatable bonds is 5. The van der Waals surface area contributed by atoms with Crippen LogP contribution in [0.3, 0.4) is 0 Å². The zero-order valence-electron chi connectivity index (χ0n) is 19.7. The average Bonchev–Trinajstić information content (AvgIpc) is 3.37. The Bertz CT molecular complexity index is 1370. The van der Waals surface area contributed by atoms with E-state index in [4.69, 9.17) is 13.9 Å². The van der Waals surface area contributed by atoms with Crippen LogP contribution in [0.15, 0.2) is 65.2 Å². The van der Waals surface area contributed by atoms with Crippen molar-refractivity contribution in [2.45, 2.75) is 13.5 Å². The maximum absolute atomic E-state index is 13.3. The SMILES string of the molecule is Cc1ncc(CN2CCN(c3ccccc3)CC2)c2cc(C(=O)c3ccc4c(c3)OCCO4)oc12. The molecule has 0 spiro atoms. The number of carbonyl (C=O) groups excluding carboxylic acids is 1. The first kappa shape index (κ1) is 21.7. The van der Waals surface area contributed by atoms with E-state index in [1.807, 2.05) is 25.3 Å². The van der Waals surface area contributed by atoms with Gasteiger partial charge in [-0.3, -0.25) is 14.7 Å². The second-order valence-corrected chi connectivity index (χ2v) is 9.01. The standard InChI is InChI=1S/C28H27N3O4/c1-19-28-23(16-26(35-28)27(32)20-7-8-24-25(15-20)34-14-13-33-24)21(17-29-19)18-30-9-11-31(12-10-30)22-5-3-2-4-6-22/h2-8,15-17H,9-14,18H2,1H3. The minimum absolute atomic E-state index is 0.181. The third kappa shape index (κ3) is 4.23. The molecule has 2 aliphatic heterocycles. The van der Waals surface area contributed by atoms with Gasteiger partial charge in [-0.1, -0.05) is 18.2 Å². The van der Waals surface area contributed by atoms with E-state index in [-0.39, 0.29) is 5.78 Å². The highest BCUT2D eigenvalue weighted by atomic mass is 16.6. The van der Waals surface area contributed by atoms with Gasteiger partial charge in [0.05, 0.1) is 5.69 Å². The van der Waals surface area contributed by atoms with Gasteiger partial charge >= 0.3 is 0 Å². The zero-order valence-corrected chi connectivity index (χ0v) is 19.7. The van der Waals surface area contributed by atoms with Crippen LogP contribution in [0.1, 0.15) is 27.4 Å². The number of aryl methyl sites for hydroxylation is 1. The maximum Gasteiger partial charge on any atom is 0.228 e. The smallest absolute Gasteiger partial charge is 0.228 e. The summed E-state index contributed by atoms with van der Waals surface area (Å²) in [5.41, 5.74) is 4.30. The van der Waals surface area contributed by atoms with Crippen molar-refractivity contribution in [3.63, 3.8) is 0 Å². The molecular formula is C28H27N3O4. The van der Waals surface area contributed by atoms with Crippen molar-refractivity contribution in [1.82, 2.24) is 9.88 Å². The number of piperazine rings is 1. The van der Waals surface area contributed by atoms with Crippen LogP contribution in [0.4, 0.5) is 5.69 Å². The Kier molecular flexibility index (Phi) is 5.62. The molecule has 1 fully saturated rings. The number of furan rings is 1. The van der Waals surface area contributed by atoms with E-state index in [1.165, 1.54) is 5.69 Å². The normalized spacial score (nSPS) is 16.0. The van der Waals surface area contributed by atoms with Crippen molar-refractivity contribution in [1.29, 1.82) is 0 Å². The molecule has 0 amide bonds. The lowest BCUT2D eigenvalue weighted by atomic mass is 10.1. The molecule has 2 aliphatic rings. The quantitative estimate of drug-likeness (QED) is 0.400. The zero-order chi connectivity index (χ0) is 23.8. The number of nitrogens with zero attached hydrogens (tertiary/aromatic N) is 3. The van der Waals surface area contributed by atoms with Crippen molar-refractivity contribution >= 4 is 22.4 Å². The van der Waals surface area contributed by atoms with Crippen LogP contribution in [-0.4, -0.2) is 55.1 Å². The summed E-state index contributed by atoms with van der Waals surface area (Å²) in [4.78, 5) is 22.7. The van der Waals surface area contributed by atoms with Crippen LogP contribution in [0.2, 0.25) is 0 Å². The van der Waals surface area contributed by atoms with Gasteiger partial charge in [0.1, 0.15) is 13.2 Å². The number of ether oxygens (including phenoxy) is 2. The lowest BCUT2D eigenvalue weighted by Gasteiger charge is -2.36. The van der Waals surface area contributed by atoms with E-state index in [1.54, 1.807) is 18.2 Å². The fraction of sp³-hybridized carbons (Fsp3) is 0.286. The molecule has 0 radical (unpaired) electrons. The molecule has 0 N–H and O–H groups in total. The highest BCUT2D eigenvalue weighted by Crippen LogP contribution is 2.33. The molecule has 2 aromatic carbocycles. The highest BCUT2D eigenvalue weighted by Gasteiger charge is 2.23. The van der Waals surface area contributed by atoms with Gasteiger partial charge in [-0.05, 0) is 48.9 Å². The molecule has 0 aliphatic carbocycles. The number of benzene rings is 2. The van der Waals surface area contributed by atoms with Crippen LogP contribution in [0, 0.1) is 6.92 Å². The molecule has 0 atom stereocenters. The van der Waals surface area contributed by atoms with Gasteiger partial charge in [0.2, 0.25) is 5.78 Å². The second-order valence-electron chi connectivity index (χ2n) is 9.01. The molecule has 35 heavy (non-hydrogen) atoms. The third-order valence-electron chi connectivity index (χ3n) is 6.74. The molecule has 0 unspecified atom stereocenters. The minimum Gasteiger partial charge on any atom is -0.486 e. The number of ketones is 1. The number of hydrogen-bond acceptors (Lipinski definition) is 7. The highest BCUT2D eigenvalue weighted by molar-refractivity contribution is 6.09. The molecular weight excluding hydrogens is 442 g/mol. The fourth-order valence-electron chi connectivity index (χ4n) is 4.81. The third-order valence-corrected chi connectivity index (χ3v) is 6.74. The first-order chi connectivity index (χ1) is 17.2. The van der Waals surface area contributed by atoms with Gasteiger partial charge in [0.25, 0.3) is 0 Å². The van der Waals surface area contributed by atoms with E-state index >= 15 is 0 Å². The predicted molar refractivity (Wildman–Crippen MR) is 134 cm³/mol. The monoisotopic (exact) mass is 469 g/mol. The Morgan fingerprint density at radius 3 is 2.51 bits per heavy atom. The van der Waals surface area contributed by atoms with Crippen molar-refractivity contribution in [2.75, 3.05) is 44.3 Å².